The maximum atomic E-state index is 12.2. The van der Waals surface area contributed by atoms with E-state index in [4.69, 9.17) is 0 Å². The molecule has 2 unspecified atom stereocenters. The van der Waals surface area contributed by atoms with Gasteiger partial charge in [-0.1, -0.05) is 11.8 Å². The average molecular weight is 297 g/mol. The van der Waals surface area contributed by atoms with Crippen LogP contribution in [0.5, 0.6) is 0 Å². The van der Waals surface area contributed by atoms with E-state index in [1.54, 1.807) is 6.92 Å². The van der Waals surface area contributed by atoms with Crippen molar-refractivity contribution in [1.29, 1.82) is 0 Å². The number of rotatable bonds is 5. The molecule has 2 heterocycles. The van der Waals surface area contributed by atoms with Gasteiger partial charge in [0, 0.05) is 19.0 Å². The van der Waals surface area contributed by atoms with Gasteiger partial charge < -0.3 is 10.0 Å². The van der Waals surface area contributed by atoms with Gasteiger partial charge in [0.05, 0.1) is 17.9 Å². The summed E-state index contributed by atoms with van der Waals surface area (Å²) in [6.07, 6.45) is 2.78. The molecule has 0 bridgehead atoms. The van der Waals surface area contributed by atoms with Crippen molar-refractivity contribution in [2.75, 3.05) is 18.8 Å². The second-order valence-corrected chi connectivity index (χ2v) is 6.50. The van der Waals surface area contributed by atoms with Crippen molar-refractivity contribution in [1.82, 2.24) is 25.1 Å². The van der Waals surface area contributed by atoms with Gasteiger partial charge in [0.1, 0.15) is 0 Å². The third-order valence-electron chi connectivity index (χ3n) is 3.94. The number of hydrogen-bond donors (Lipinski definition) is 1. The normalized spacial score (nSPS) is 24.1. The van der Waals surface area contributed by atoms with E-state index in [9.17, 15) is 9.90 Å². The first kappa shape index (κ1) is 13.8. The zero-order valence-corrected chi connectivity index (χ0v) is 12.3. The molecule has 20 heavy (non-hydrogen) atoms. The number of carbonyl (C=O) groups excluding carboxylic acids is 1. The van der Waals surface area contributed by atoms with Crippen LogP contribution >= 0.6 is 11.8 Å². The van der Waals surface area contributed by atoms with Crippen molar-refractivity contribution in [2.45, 2.75) is 43.5 Å². The lowest BCUT2D eigenvalue weighted by molar-refractivity contribution is -0.127. The Morgan fingerprint density at radius 3 is 2.95 bits per heavy atom. The fourth-order valence-electron chi connectivity index (χ4n) is 2.45. The molecule has 1 aromatic heterocycles. The maximum Gasteiger partial charge on any atom is 0.233 e. The summed E-state index contributed by atoms with van der Waals surface area (Å²) in [6, 6.07) is 0.425. The predicted molar refractivity (Wildman–Crippen MR) is 73.2 cm³/mol. The number of likely N-dealkylation sites (tertiary alicyclic amines) is 1. The van der Waals surface area contributed by atoms with Crippen molar-refractivity contribution >= 4 is 17.7 Å². The van der Waals surface area contributed by atoms with E-state index in [1.165, 1.54) is 11.8 Å². The summed E-state index contributed by atoms with van der Waals surface area (Å²) in [7, 11) is 0. The summed E-state index contributed by atoms with van der Waals surface area (Å²) in [6.45, 7) is 3.18. The van der Waals surface area contributed by atoms with E-state index in [0.717, 1.165) is 31.0 Å². The van der Waals surface area contributed by atoms with Crippen molar-refractivity contribution in [3.63, 3.8) is 0 Å². The van der Waals surface area contributed by atoms with Crippen molar-refractivity contribution in [2.24, 2.45) is 5.92 Å². The van der Waals surface area contributed by atoms with Gasteiger partial charge in [-0.2, -0.15) is 0 Å². The highest BCUT2D eigenvalue weighted by Crippen LogP contribution is 2.36. The molecule has 0 radical (unpaired) electrons. The summed E-state index contributed by atoms with van der Waals surface area (Å²) in [4.78, 5) is 14.0. The topological polar surface area (TPSA) is 84.1 Å². The van der Waals surface area contributed by atoms with E-state index >= 15 is 0 Å². The highest BCUT2D eigenvalue weighted by atomic mass is 32.2. The van der Waals surface area contributed by atoms with Gasteiger partial charge >= 0.3 is 0 Å². The van der Waals surface area contributed by atoms with Gasteiger partial charge in [-0.3, -0.25) is 4.79 Å². The largest absolute Gasteiger partial charge is 0.393 e. The van der Waals surface area contributed by atoms with Gasteiger partial charge in [-0.15, -0.1) is 5.10 Å². The summed E-state index contributed by atoms with van der Waals surface area (Å²) in [5.41, 5.74) is 0. The minimum absolute atomic E-state index is 0.100. The lowest BCUT2D eigenvalue weighted by Crippen LogP contribution is -2.31. The molecule has 0 aromatic carbocycles. The van der Waals surface area contributed by atoms with Crippen LogP contribution in [0.3, 0.4) is 0 Å². The lowest BCUT2D eigenvalue weighted by atomic mass is 10.0. The first-order valence-electron chi connectivity index (χ1n) is 7.01. The van der Waals surface area contributed by atoms with Crippen molar-refractivity contribution < 1.29 is 9.90 Å². The molecule has 3 rings (SSSR count). The summed E-state index contributed by atoms with van der Waals surface area (Å²) < 4.78 is 1.82. The summed E-state index contributed by atoms with van der Waals surface area (Å²) in [5, 5.41) is 21.9. The molecular weight excluding hydrogens is 278 g/mol. The molecule has 110 valence electrons. The Kier molecular flexibility index (Phi) is 3.93. The molecule has 8 heteroatoms. The molecule has 1 aliphatic carbocycles. The molecule has 1 aromatic rings. The Bertz CT molecular complexity index is 488. The van der Waals surface area contributed by atoms with Crippen molar-refractivity contribution in [3.8, 4) is 0 Å². The monoisotopic (exact) mass is 297 g/mol. The van der Waals surface area contributed by atoms with Crippen LogP contribution in [0.1, 0.15) is 32.2 Å². The van der Waals surface area contributed by atoms with Gasteiger partial charge in [-0.05, 0) is 36.6 Å². The molecule has 1 amide bonds. The Labute approximate surface area is 121 Å². The first-order valence-corrected chi connectivity index (χ1v) is 8.00. The van der Waals surface area contributed by atoms with E-state index in [2.05, 4.69) is 15.5 Å². The number of amides is 1. The zero-order valence-electron chi connectivity index (χ0n) is 11.5. The van der Waals surface area contributed by atoms with E-state index in [1.807, 2.05) is 9.58 Å². The van der Waals surface area contributed by atoms with Crippen LogP contribution in [0, 0.1) is 5.92 Å². The SMILES string of the molecule is CC(O)C1CCN(C(=O)CSc2nnnn2C2CC2)C1. The number of aliphatic hydroxyl groups excluding tert-OH is 1. The maximum absolute atomic E-state index is 12.2. The van der Waals surface area contributed by atoms with Crippen LogP contribution in [-0.4, -0.2) is 61.1 Å². The summed E-state index contributed by atoms with van der Waals surface area (Å²) in [5.74, 6) is 0.670. The van der Waals surface area contributed by atoms with Crippen LogP contribution in [0.2, 0.25) is 0 Å². The Hall–Kier alpha value is -1.15. The number of nitrogens with zero attached hydrogens (tertiary/aromatic N) is 5. The van der Waals surface area contributed by atoms with Crippen molar-refractivity contribution in [3.05, 3.63) is 0 Å². The number of aromatic nitrogens is 4. The molecule has 1 saturated heterocycles. The highest BCUT2D eigenvalue weighted by Gasteiger charge is 2.30. The fourth-order valence-corrected chi connectivity index (χ4v) is 3.30. The Balaban J connectivity index is 1.51. The fraction of sp³-hybridized carbons (Fsp3) is 0.833. The van der Waals surface area contributed by atoms with Crippen LogP contribution in [0.4, 0.5) is 0 Å². The van der Waals surface area contributed by atoms with E-state index < -0.39 is 0 Å². The van der Waals surface area contributed by atoms with Crippen LogP contribution in [-0.2, 0) is 4.79 Å². The minimum atomic E-state index is -0.345. The molecular formula is C12H19N5O2S. The first-order chi connectivity index (χ1) is 9.65. The smallest absolute Gasteiger partial charge is 0.233 e. The van der Waals surface area contributed by atoms with Crippen LogP contribution in [0.25, 0.3) is 0 Å². The molecule has 7 nitrogen and oxygen atoms in total. The van der Waals surface area contributed by atoms with Gasteiger partial charge in [0.15, 0.2) is 0 Å². The molecule has 1 aliphatic heterocycles. The molecule has 1 N–H and O–H groups in total. The van der Waals surface area contributed by atoms with Crippen LogP contribution < -0.4 is 0 Å². The van der Waals surface area contributed by atoms with Gasteiger partial charge in [0.2, 0.25) is 11.1 Å². The van der Waals surface area contributed by atoms with Gasteiger partial charge in [-0.25, -0.2) is 4.68 Å². The number of tetrazole rings is 1. The van der Waals surface area contributed by atoms with E-state index in [0.29, 0.717) is 18.3 Å². The van der Waals surface area contributed by atoms with Crippen LogP contribution in [0.15, 0.2) is 5.16 Å². The quantitative estimate of drug-likeness (QED) is 0.789. The summed E-state index contributed by atoms with van der Waals surface area (Å²) >= 11 is 1.40. The predicted octanol–water partition coefficient (Wildman–Crippen LogP) is 0.329. The number of carbonyl (C=O) groups is 1. The molecule has 1 saturated carbocycles. The second kappa shape index (κ2) is 5.69. The number of aliphatic hydroxyl groups is 1. The highest BCUT2D eigenvalue weighted by molar-refractivity contribution is 7.99. The van der Waals surface area contributed by atoms with E-state index in [-0.39, 0.29) is 17.9 Å². The third kappa shape index (κ3) is 2.95. The lowest BCUT2D eigenvalue weighted by Gasteiger charge is -2.17. The molecule has 0 spiro atoms. The standard InChI is InChI=1S/C12H19N5O2S/c1-8(18)9-4-5-16(6-9)11(19)7-20-12-13-14-15-17(12)10-2-3-10/h8-10,18H,2-7H2,1H3. The second-order valence-electron chi connectivity index (χ2n) is 5.55. The van der Waals surface area contributed by atoms with Gasteiger partial charge in [0.25, 0.3) is 0 Å². The zero-order chi connectivity index (χ0) is 14.1. The Morgan fingerprint density at radius 2 is 2.30 bits per heavy atom. The third-order valence-corrected chi connectivity index (χ3v) is 4.86. The molecule has 2 fully saturated rings. The Morgan fingerprint density at radius 1 is 1.50 bits per heavy atom. The molecule has 2 atom stereocenters. The number of thioether (sulfide) groups is 1. The number of hydrogen-bond acceptors (Lipinski definition) is 6. The minimum Gasteiger partial charge on any atom is -0.393 e. The average Bonchev–Trinajstić information content (AvgIpc) is 2.97. The molecule has 2 aliphatic rings.